The summed E-state index contributed by atoms with van der Waals surface area (Å²) in [6.07, 6.45) is 4.35. The number of nitrogens with one attached hydrogen (secondary N) is 1. The summed E-state index contributed by atoms with van der Waals surface area (Å²) in [5.41, 5.74) is 0. The van der Waals surface area contributed by atoms with E-state index >= 15 is 0 Å². The standard InChI is InChI=1S/C11H16ClN3O2S/c1-9-5-2-3-8-15(9)18(16,17)14-11-10(12)6-4-7-13-11/h4,6-7,9H,2-3,5,8H2,1H3,(H,13,14). The van der Waals surface area contributed by atoms with Crippen LogP contribution in [0.5, 0.6) is 0 Å². The van der Waals surface area contributed by atoms with Gasteiger partial charge in [-0.05, 0) is 31.9 Å². The second-order valence-electron chi connectivity index (χ2n) is 4.40. The van der Waals surface area contributed by atoms with E-state index in [-0.39, 0.29) is 11.9 Å². The van der Waals surface area contributed by atoms with Crippen LogP contribution in [0.25, 0.3) is 0 Å². The van der Waals surface area contributed by atoms with Crippen molar-refractivity contribution in [3.63, 3.8) is 0 Å². The molecule has 1 aromatic rings. The number of hydrogen-bond donors (Lipinski definition) is 1. The van der Waals surface area contributed by atoms with Crippen LogP contribution in [-0.2, 0) is 10.2 Å². The Morgan fingerprint density at radius 1 is 1.50 bits per heavy atom. The number of anilines is 1. The Labute approximate surface area is 112 Å². The lowest BCUT2D eigenvalue weighted by molar-refractivity contribution is 0.270. The second kappa shape index (κ2) is 5.42. The summed E-state index contributed by atoms with van der Waals surface area (Å²) in [7, 11) is -3.57. The number of piperidine rings is 1. The molecule has 1 unspecified atom stereocenters. The van der Waals surface area contributed by atoms with Crippen molar-refractivity contribution in [3.05, 3.63) is 23.4 Å². The summed E-state index contributed by atoms with van der Waals surface area (Å²) in [6.45, 7) is 2.46. The number of hydrogen-bond acceptors (Lipinski definition) is 3. The number of nitrogens with zero attached hydrogens (tertiary/aromatic N) is 2. The third-order valence-corrected chi connectivity index (χ3v) is 4.95. The zero-order valence-electron chi connectivity index (χ0n) is 10.1. The van der Waals surface area contributed by atoms with Gasteiger partial charge in [0.15, 0.2) is 5.82 Å². The van der Waals surface area contributed by atoms with Crippen LogP contribution in [0, 0.1) is 0 Å². The van der Waals surface area contributed by atoms with Gasteiger partial charge in [0.2, 0.25) is 0 Å². The summed E-state index contributed by atoms with van der Waals surface area (Å²) in [5, 5.41) is 0.297. The lowest BCUT2D eigenvalue weighted by Crippen LogP contribution is -2.45. The smallest absolute Gasteiger partial charge is 0.253 e. The van der Waals surface area contributed by atoms with Gasteiger partial charge in [0.1, 0.15) is 0 Å². The number of pyridine rings is 1. The molecule has 2 heterocycles. The van der Waals surface area contributed by atoms with Gasteiger partial charge in [0.05, 0.1) is 5.02 Å². The van der Waals surface area contributed by atoms with Crippen LogP contribution in [0.1, 0.15) is 26.2 Å². The zero-order valence-corrected chi connectivity index (χ0v) is 11.7. The minimum Gasteiger partial charge on any atom is -0.253 e. The first-order valence-electron chi connectivity index (χ1n) is 5.91. The van der Waals surface area contributed by atoms with Gasteiger partial charge in [-0.15, -0.1) is 0 Å². The Balaban J connectivity index is 2.19. The van der Waals surface area contributed by atoms with E-state index in [1.165, 1.54) is 10.5 Å². The number of rotatable bonds is 3. The van der Waals surface area contributed by atoms with Gasteiger partial charge in [0, 0.05) is 18.8 Å². The first-order chi connectivity index (χ1) is 8.50. The van der Waals surface area contributed by atoms with Gasteiger partial charge in [-0.2, -0.15) is 12.7 Å². The lowest BCUT2D eigenvalue weighted by Gasteiger charge is -2.32. The first kappa shape index (κ1) is 13.6. The van der Waals surface area contributed by atoms with Gasteiger partial charge in [-0.3, -0.25) is 4.72 Å². The highest BCUT2D eigenvalue weighted by Gasteiger charge is 2.30. The maximum Gasteiger partial charge on any atom is 0.303 e. The van der Waals surface area contributed by atoms with Crippen molar-refractivity contribution in [2.24, 2.45) is 0 Å². The fourth-order valence-corrected chi connectivity index (χ4v) is 3.77. The molecule has 0 spiro atoms. The van der Waals surface area contributed by atoms with Gasteiger partial charge >= 0.3 is 10.2 Å². The fraction of sp³-hybridized carbons (Fsp3) is 0.545. The Kier molecular flexibility index (Phi) is 4.09. The molecule has 0 amide bonds. The van der Waals surface area contributed by atoms with Crippen LogP contribution in [0.15, 0.2) is 18.3 Å². The topological polar surface area (TPSA) is 62.3 Å². The molecule has 5 nitrogen and oxygen atoms in total. The Morgan fingerprint density at radius 2 is 2.28 bits per heavy atom. The van der Waals surface area contributed by atoms with Gasteiger partial charge in [-0.25, -0.2) is 4.98 Å². The van der Waals surface area contributed by atoms with Crippen LogP contribution in [0.2, 0.25) is 5.02 Å². The largest absolute Gasteiger partial charge is 0.303 e. The van der Waals surface area contributed by atoms with Crippen LogP contribution >= 0.6 is 11.6 Å². The molecule has 1 aliphatic rings. The molecular formula is C11H16ClN3O2S. The molecule has 1 aromatic heterocycles. The summed E-state index contributed by atoms with van der Waals surface area (Å²) in [5.74, 6) is 0.178. The fourth-order valence-electron chi connectivity index (χ4n) is 2.07. The van der Waals surface area contributed by atoms with Crippen LogP contribution in [-0.4, -0.2) is 30.3 Å². The number of halogens is 1. The Hall–Kier alpha value is -0.850. The van der Waals surface area contributed by atoms with E-state index in [1.807, 2.05) is 6.92 Å². The minimum atomic E-state index is -3.57. The lowest BCUT2D eigenvalue weighted by atomic mass is 10.1. The Bertz CT molecular complexity index is 521. The van der Waals surface area contributed by atoms with E-state index < -0.39 is 10.2 Å². The van der Waals surface area contributed by atoms with E-state index in [0.29, 0.717) is 11.6 Å². The molecule has 7 heteroatoms. The van der Waals surface area contributed by atoms with Crippen molar-refractivity contribution in [2.45, 2.75) is 32.2 Å². The summed E-state index contributed by atoms with van der Waals surface area (Å²) < 4.78 is 28.4. The number of aromatic nitrogens is 1. The third kappa shape index (κ3) is 2.93. The summed E-state index contributed by atoms with van der Waals surface area (Å²) >= 11 is 5.90. The second-order valence-corrected chi connectivity index (χ2v) is 6.43. The molecule has 0 aromatic carbocycles. The van der Waals surface area contributed by atoms with Crippen molar-refractivity contribution in [2.75, 3.05) is 11.3 Å². The van der Waals surface area contributed by atoms with E-state index in [9.17, 15) is 8.42 Å². The van der Waals surface area contributed by atoms with E-state index in [1.54, 1.807) is 12.1 Å². The monoisotopic (exact) mass is 289 g/mol. The van der Waals surface area contributed by atoms with E-state index in [4.69, 9.17) is 11.6 Å². The maximum atomic E-state index is 12.2. The van der Waals surface area contributed by atoms with Gasteiger partial charge in [0.25, 0.3) is 0 Å². The average molecular weight is 290 g/mol. The van der Waals surface area contributed by atoms with Crippen molar-refractivity contribution in [3.8, 4) is 0 Å². The maximum absolute atomic E-state index is 12.2. The van der Waals surface area contributed by atoms with E-state index in [0.717, 1.165) is 19.3 Å². The van der Waals surface area contributed by atoms with Crippen LogP contribution < -0.4 is 4.72 Å². The quantitative estimate of drug-likeness (QED) is 0.928. The van der Waals surface area contributed by atoms with Crippen molar-refractivity contribution in [1.29, 1.82) is 0 Å². The van der Waals surface area contributed by atoms with E-state index in [2.05, 4.69) is 9.71 Å². The van der Waals surface area contributed by atoms with Crippen molar-refractivity contribution < 1.29 is 8.42 Å². The molecule has 0 radical (unpaired) electrons. The highest BCUT2D eigenvalue weighted by molar-refractivity contribution is 7.90. The highest BCUT2D eigenvalue weighted by atomic mass is 35.5. The molecule has 18 heavy (non-hydrogen) atoms. The zero-order chi connectivity index (χ0) is 13.2. The molecule has 0 saturated carbocycles. The summed E-state index contributed by atoms with van der Waals surface area (Å²) in [4.78, 5) is 3.93. The molecule has 0 bridgehead atoms. The average Bonchev–Trinajstić information content (AvgIpc) is 2.32. The molecule has 0 aliphatic carbocycles. The third-order valence-electron chi connectivity index (χ3n) is 3.03. The van der Waals surface area contributed by atoms with Gasteiger partial charge in [-0.1, -0.05) is 18.0 Å². The SMILES string of the molecule is CC1CCCCN1S(=O)(=O)Nc1ncccc1Cl. The minimum absolute atomic E-state index is 0.0127. The van der Waals surface area contributed by atoms with Crippen molar-refractivity contribution in [1.82, 2.24) is 9.29 Å². The van der Waals surface area contributed by atoms with Crippen molar-refractivity contribution >= 4 is 27.6 Å². The first-order valence-corrected chi connectivity index (χ1v) is 7.72. The summed E-state index contributed by atoms with van der Waals surface area (Å²) in [6, 6.07) is 3.27. The predicted molar refractivity (Wildman–Crippen MR) is 71.8 cm³/mol. The molecular weight excluding hydrogens is 274 g/mol. The van der Waals surface area contributed by atoms with Gasteiger partial charge < -0.3 is 0 Å². The van der Waals surface area contributed by atoms with Crippen LogP contribution in [0.3, 0.4) is 0 Å². The molecule has 100 valence electrons. The molecule has 1 saturated heterocycles. The molecule has 2 rings (SSSR count). The Morgan fingerprint density at radius 3 is 2.94 bits per heavy atom. The highest BCUT2D eigenvalue weighted by Crippen LogP contribution is 2.24. The van der Waals surface area contributed by atoms with Crippen LogP contribution in [0.4, 0.5) is 5.82 Å². The molecule has 1 atom stereocenters. The normalized spacial score (nSPS) is 21.8. The molecule has 1 aliphatic heterocycles. The molecule has 1 fully saturated rings. The molecule has 1 N–H and O–H groups in total. The predicted octanol–water partition coefficient (Wildman–Crippen LogP) is 2.27.